The number of epoxide rings is 2. The third-order valence-electron chi connectivity index (χ3n) is 9.50. The molecule has 10 nitrogen and oxygen atoms in total. The highest BCUT2D eigenvalue weighted by Gasteiger charge is 2.89. The van der Waals surface area contributed by atoms with Gasteiger partial charge in [-0.1, -0.05) is 19.4 Å². The lowest BCUT2D eigenvalue weighted by atomic mass is 9.53. The van der Waals surface area contributed by atoms with E-state index in [0.717, 1.165) is 5.57 Å². The molecule has 0 amide bonds. The van der Waals surface area contributed by atoms with Gasteiger partial charge in [0.15, 0.2) is 17.3 Å². The molecule has 0 aromatic carbocycles. The van der Waals surface area contributed by atoms with Gasteiger partial charge in [0.2, 0.25) is 0 Å². The van der Waals surface area contributed by atoms with Crippen molar-refractivity contribution in [3.63, 3.8) is 0 Å². The molecule has 5 aliphatic rings. The largest absolute Gasteiger partial charge is 0.462 e. The molecule has 1 saturated carbocycles. The summed E-state index contributed by atoms with van der Waals surface area (Å²) in [4.78, 5) is 50.9. The Balaban J connectivity index is 1.73. The molecule has 0 aromatic rings. The average molecular weight is 535 g/mol. The molecule has 5 rings (SSSR count). The van der Waals surface area contributed by atoms with Crippen LogP contribution in [-0.4, -0.2) is 71.2 Å². The van der Waals surface area contributed by atoms with E-state index in [9.17, 15) is 19.2 Å². The number of hydrogen-bond acceptors (Lipinski definition) is 10. The second kappa shape index (κ2) is 8.78. The van der Waals surface area contributed by atoms with Gasteiger partial charge in [0.1, 0.15) is 18.3 Å². The minimum atomic E-state index is -1.34. The molecule has 2 aliphatic carbocycles. The molecule has 4 fully saturated rings. The van der Waals surface area contributed by atoms with Crippen LogP contribution in [0.3, 0.4) is 0 Å². The Kier molecular flexibility index (Phi) is 6.26. The standard InChI is InChI=1S/C28H38O10/c1-8-9-21(31)35-17-11-10-14(2)12-20-28(27(7,38-28)24(32)36-20)23(34-16(4)30)22-25(17,5)18(33-15(3)29)13-19-26(22,6)37-19/h12,17-20,22-23H,8-11,13H2,1-7H3/b14-12-/t17-,18-,19+,20-,22+,23-,25-,26+,27-,28-/m0/s1. The quantitative estimate of drug-likeness (QED) is 0.225. The Morgan fingerprint density at radius 1 is 1.05 bits per heavy atom. The zero-order valence-electron chi connectivity index (χ0n) is 23.2. The van der Waals surface area contributed by atoms with E-state index in [4.69, 9.17) is 28.4 Å². The number of rotatable bonds is 5. The van der Waals surface area contributed by atoms with Gasteiger partial charge in [-0.25, -0.2) is 4.79 Å². The predicted octanol–water partition coefficient (Wildman–Crippen LogP) is 2.94. The van der Waals surface area contributed by atoms with E-state index in [1.165, 1.54) is 13.8 Å². The second-order valence-electron chi connectivity index (χ2n) is 12.0. The molecule has 0 unspecified atom stereocenters. The number of carbonyl (C=O) groups excluding carboxylic acids is 4. The molecule has 3 saturated heterocycles. The molecule has 0 N–H and O–H groups in total. The van der Waals surface area contributed by atoms with Crippen molar-refractivity contribution >= 4 is 23.9 Å². The van der Waals surface area contributed by atoms with Crippen LogP contribution >= 0.6 is 0 Å². The van der Waals surface area contributed by atoms with Crippen molar-refractivity contribution in [2.45, 2.75) is 128 Å². The molecular weight excluding hydrogens is 496 g/mol. The number of hydrogen-bond donors (Lipinski definition) is 0. The number of ether oxygens (including phenoxy) is 6. The minimum Gasteiger partial charge on any atom is -0.462 e. The first kappa shape index (κ1) is 27.1. The maximum absolute atomic E-state index is 13.0. The molecule has 1 spiro atoms. The number of fused-ring (bicyclic) bond motifs is 3. The lowest BCUT2D eigenvalue weighted by Crippen LogP contribution is -2.66. The maximum Gasteiger partial charge on any atom is 0.342 e. The van der Waals surface area contributed by atoms with E-state index in [1.807, 2.05) is 33.8 Å². The summed E-state index contributed by atoms with van der Waals surface area (Å²) in [7, 11) is 0. The van der Waals surface area contributed by atoms with Crippen molar-refractivity contribution in [2.24, 2.45) is 11.3 Å². The van der Waals surface area contributed by atoms with Crippen molar-refractivity contribution in [2.75, 3.05) is 0 Å². The van der Waals surface area contributed by atoms with Crippen molar-refractivity contribution in [1.82, 2.24) is 0 Å². The van der Waals surface area contributed by atoms with E-state index in [1.54, 1.807) is 6.92 Å². The molecule has 0 radical (unpaired) electrons. The zero-order chi connectivity index (χ0) is 27.8. The highest BCUT2D eigenvalue weighted by molar-refractivity contribution is 5.89. The monoisotopic (exact) mass is 534 g/mol. The fourth-order valence-electron chi connectivity index (χ4n) is 7.51. The first-order valence-electron chi connectivity index (χ1n) is 13.5. The number of esters is 4. The van der Waals surface area contributed by atoms with Gasteiger partial charge >= 0.3 is 23.9 Å². The second-order valence-corrected chi connectivity index (χ2v) is 12.0. The maximum atomic E-state index is 13.0. The smallest absolute Gasteiger partial charge is 0.342 e. The highest BCUT2D eigenvalue weighted by Crippen LogP contribution is 2.69. The van der Waals surface area contributed by atoms with Crippen molar-refractivity contribution in [3.8, 4) is 0 Å². The molecule has 10 heteroatoms. The van der Waals surface area contributed by atoms with Gasteiger partial charge in [0.05, 0.1) is 17.1 Å². The SMILES string of the molecule is CCCC(=O)O[C@H]1CC/C(C)=C\[C@@H]2OC(=O)[C@]3(C)O[C@]23[C@@H](OC(C)=O)[C@H]2[C@]3(C)O[C@@H]3C[C@H](OC(C)=O)[C@]12C. The summed E-state index contributed by atoms with van der Waals surface area (Å²) >= 11 is 0. The molecule has 3 heterocycles. The van der Waals surface area contributed by atoms with Gasteiger partial charge in [-0.15, -0.1) is 0 Å². The minimum absolute atomic E-state index is 0.240. The first-order valence-corrected chi connectivity index (χ1v) is 13.5. The Morgan fingerprint density at radius 2 is 1.74 bits per heavy atom. The third kappa shape index (κ3) is 3.73. The third-order valence-corrected chi connectivity index (χ3v) is 9.50. The topological polar surface area (TPSA) is 130 Å². The fraction of sp³-hybridized carbons (Fsp3) is 0.786. The van der Waals surface area contributed by atoms with Crippen molar-refractivity contribution in [1.29, 1.82) is 0 Å². The van der Waals surface area contributed by atoms with Gasteiger partial charge in [0.25, 0.3) is 0 Å². The normalized spacial score (nSPS) is 48.0. The summed E-state index contributed by atoms with van der Waals surface area (Å²) in [6, 6.07) is 0. The van der Waals surface area contributed by atoms with E-state index in [0.29, 0.717) is 25.7 Å². The van der Waals surface area contributed by atoms with Gasteiger partial charge in [-0.05, 0) is 46.1 Å². The summed E-state index contributed by atoms with van der Waals surface area (Å²) in [6.45, 7) is 12.0. The summed E-state index contributed by atoms with van der Waals surface area (Å²) in [6.07, 6.45) is 0.583. The van der Waals surface area contributed by atoms with Crippen LogP contribution in [0.5, 0.6) is 0 Å². The molecular formula is C28H38O10. The van der Waals surface area contributed by atoms with Crippen LogP contribution < -0.4 is 0 Å². The molecule has 0 aromatic heterocycles. The van der Waals surface area contributed by atoms with E-state index >= 15 is 0 Å². The van der Waals surface area contributed by atoms with Gasteiger partial charge in [0, 0.05) is 32.6 Å². The number of carbonyl (C=O) groups is 4. The molecule has 38 heavy (non-hydrogen) atoms. The fourth-order valence-corrected chi connectivity index (χ4v) is 7.51. The molecule has 210 valence electrons. The first-order chi connectivity index (χ1) is 17.7. The summed E-state index contributed by atoms with van der Waals surface area (Å²) in [5.41, 5.74) is -3.59. The van der Waals surface area contributed by atoms with E-state index < -0.39 is 70.5 Å². The lowest BCUT2D eigenvalue weighted by Gasteiger charge is -2.54. The Labute approximate surface area is 222 Å². The van der Waals surface area contributed by atoms with Crippen LogP contribution in [-0.2, 0) is 47.6 Å². The predicted molar refractivity (Wildman–Crippen MR) is 130 cm³/mol. The molecule has 3 aliphatic heterocycles. The summed E-state index contributed by atoms with van der Waals surface area (Å²) < 4.78 is 36.5. The van der Waals surface area contributed by atoms with Crippen molar-refractivity contribution in [3.05, 3.63) is 11.6 Å². The van der Waals surface area contributed by atoms with Crippen LogP contribution in [0.15, 0.2) is 11.6 Å². The van der Waals surface area contributed by atoms with E-state index in [-0.39, 0.29) is 18.5 Å². The van der Waals surface area contributed by atoms with Crippen LogP contribution in [0, 0.1) is 11.3 Å². The molecule has 0 bridgehead atoms. The Morgan fingerprint density at radius 3 is 2.34 bits per heavy atom. The number of allylic oxidation sites excluding steroid dienone is 1. The summed E-state index contributed by atoms with van der Waals surface area (Å²) in [5.74, 6) is -2.57. The zero-order valence-corrected chi connectivity index (χ0v) is 23.2. The Hall–Kier alpha value is -2.46. The average Bonchev–Trinajstić information content (AvgIpc) is 3.64. The van der Waals surface area contributed by atoms with Gasteiger partial charge in [-0.3, -0.25) is 14.4 Å². The highest BCUT2D eigenvalue weighted by atomic mass is 16.7. The van der Waals surface area contributed by atoms with Crippen LogP contribution in [0.2, 0.25) is 0 Å². The Bertz CT molecular complexity index is 1100. The van der Waals surface area contributed by atoms with E-state index in [2.05, 4.69) is 0 Å². The molecule has 10 atom stereocenters. The summed E-state index contributed by atoms with van der Waals surface area (Å²) in [5, 5.41) is 0. The van der Waals surface area contributed by atoms with Gasteiger partial charge in [-0.2, -0.15) is 0 Å². The van der Waals surface area contributed by atoms with Crippen LogP contribution in [0.4, 0.5) is 0 Å². The van der Waals surface area contributed by atoms with Crippen LogP contribution in [0.1, 0.15) is 80.6 Å². The van der Waals surface area contributed by atoms with Crippen molar-refractivity contribution < 1.29 is 47.6 Å². The lowest BCUT2D eigenvalue weighted by molar-refractivity contribution is -0.213. The van der Waals surface area contributed by atoms with Gasteiger partial charge < -0.3 is 28.4 Å². The van der Waals surface area contributed by atoms with Crippen LogP contribution in [0.25, 0.3) is 0 Å².